The highest BCUT2D eigenvalue weighted by atomic mass is 32.2. The number of nitrogens with zero attached hydrogens (tertiary/aromatic N) is 6. The number of carbonyl (C=O) groups excluding carboxylic acids is 13. The van der Waals surface area contributed by atoms with Crippen molar-refractivity contribution < 1.29 is 87.2 Å². The maximum Gasteiger partial charge on any atom is 0.325 e. The van der Waals surface area contributed by atoms with Crippen LogP contribution in [-0.2, 0) is 78.3 Å². The van der Waals surface area contributed by atoms with Crippen LogP contribution < -0.4 is 88.0 Å². The molecule has 600 valence electrons. The van der Waals surface area contributed by atoms with E-state index in [1.54, 1.807) is 13.8 Å². The Morgan fingerprint density at radius 2 is 1.03 bits per heavy atom. The Balaban J connectivity index is 0.00000723. The minimum Gasteiger partial charge on any atom is -0.481 e. The number of aliphatic hydroxyl groups excluding tert-OH is 1. The third-order valence-corrected chi connectivity index (χ3v) is 18.1. The Kier molecular flexibility index (Phi) is 40.6. The van der Waals surface area contributed by atoms with Crippen LogP contribution in [-0.4, -0.2) is 278 Å². The summed E-state index contributed by atoms with van der Waals surface area (Å²) >= 11 is 1.42. The SMILES string of the molecule is CC(=O)O.CSCC[C@H](NC(=O)[C@@H]1CCCN1C(=O)CNC(=O)[C@@H](CCCCN)NC(=O)[C@H](Cc1cnc[nH]1)NC(=O)[C@H](CO)NC(=O)[C@H](CC(C)C)NC(=O)[C@H](CCCN=C(N)N)NC(=O)[C@@H]1CCCN1C(=O)[C@H](CCCN=C(N)N)NC(=O)[C@@H](N)CCC(N)=O)C(=O)N1CCC[C@H]1C(=O)N[C@H](C)C(=O)O. The highest BCUT2D eigenvalue weighted by molar-refractivity contribution is 7.98. The molecule has 0 aromatic carbocycles. The van der Waals surface area contributed by atoms with Gasteiger partial charge in [0, 0.05) is 64.4 Å². The number of carboxylic acid groups (broad SMARTS) is 2. The fourth-order valence-electron chi connectivity index (χ4n) is 11.9. The van der Waals surface area contributed by atoms with Crippen molar-refractivity contribution in [3.8, 4) is 0 Å². The van der Waals surface area contributed by atoms with Crippen molar-refractivity contribution in [2.24, 2.45) is 56.0 Å². The Labute approximate surface area is 624 Å². The first-order valence-electron chi connectivity index (χ1n) is 35.6. The number of aliphatic imine (C=N–C) groups is 2. The van der Waals surface area contributed by atoms with Gasteiger partial charge in [0.2, 0.25) is 76.8 Å². The van der Waals surface area contributed by atoms with E-state index >= 15 is 0 Å². The van der Waals surface area contributed by atoms with E-state index in [2.05, 4.69) is 67.8 Å². The number of primary amides is 1. The predicted molar refractivity (Wildman–Crippen MR) is 390 cm³/mol. The molecule has 42 heteroatoms. The van der Waals surface area contributed by atoms with Gasteiger partial charge >= 0.3 is 5.97 Å². The van der Waals surface area contributed by atoms with Gasteiger partial charge in [-0.25, -0.2) is 4.98 Å². The second-order valence-electron chi connectivity index (χ2n) is 26.5. The second kappa shape index (κ2) is 47.6. The number of carbonyl (C=O) groups is 15. The van der Waals surface area contributed by atoms with E-state index in [0.717, 1.165) is 6.92 Å². The number of rotatable bonds is 45. The lowest BCUT2D eigenvalue weighted by atomic mass is 10.0. The van der Waals surface area contributed by atoms with Crippen LogP contribution in [0.15, 0.2) is 22.5 Å². The quantitative estimate of drug-likeness (QED) is 0.0164. The monoisotopic (exact) mass is 1530 g/mol. The van der Waals surface area contributed by atoms with Gasteiger partial charge in [-0.05, 0) is 134 Å². The first-order valence-corrected chi connectivity index (χ1v) is 37.0. The third-order valence-electron chi connectivity index (χ3n) is 17.4. The van der Waals surface area contributed by atoms with Crippen molar-refractivity contribution in [2.45, 2.75) is 216 Å². The number of unbranched alkanes of at least 4 members (excludes halogenated alkanes) is 1. The molecule has 12 atom stereocenters. The lowest BCUT2D eigenvalue weighted by Gasteiger charge is -2.31. The number of hydrogen-bond acceptors (Lipinski definition) is 22. The number of aromatic nitrogens is 2. The van der Waals surface area contributed by atoms with Crippen molar-refractivity contribution >= 4 is 112 Å². The fraction of sp³-hybridized carbons (Fsp3) is 0.692. The van der Waals surface area contributed by atoms with Gasteiger partial charge in [0.1, 0.15) is 66.5 Å². The average Bonchev–Trinajstić information content (AvgIpc) is 1.76. The number of amides is 13. The summed E-state index contributed by atoms with van der Waals surface area (Å²) < 4.78 is 0. The number of thioether (sulfide) groups is 1. The summed E-state index contributed by atoms with van der Waals surface area (Å²) in [6.07, 6.45) is 6.78. The summed E-state index contributed by atoms with van der Waals surface area (Å²) in [6, 6.07) is -15.4. The van der Waals surface area contributed by atoms with E-state index in [0.29, 0.717) is 43.6 Å². The van der Waals surface area contributed by atoms with Crippen LogP contribution in [0.1, 0.15) is 143 Å². The Morgan fingerprint density at radius 3 is 1.53 bits per heavy atom. The van der Waals surface area contributed by atoms with Crippen LogP contribution in [0.5, 0.6) is 0 Å². The third kappa shape index (κ3) is 32.3. The lowest BCUT2D eigenvalue weighted by molar-refractivity contribution is -0.145. The summed E-state index contributed by atoms with van der Waals surface area (Å²) in [4.78, 5) is 219. The molecule has 1 aromatic heterocycles. The second-order valence-corrected chi connectivity index (χ2v) is 27.5. The van der Waals surface area contributed by atoms with E-state index in [9.17, 15) is 77.3 Å². The molecule has 4 rings (SSSR count). The van der Waals surface area contributed by atoms with Gasteiger partial charge in [-0.15, -0.1) is 0 Å². The molecule has 0 bridgehead atoms. The van der Waals surface area contributed by atoms with Crippen LogP contribution in [0.3, 0.4) is 0 Å². The molecule has 41 nitrogen and oxygen atoms in total. The Bertz CT molecular complexity index is 3230. The summed E-state index contributed by atoms with van der Waals surface area (Å²) in [5.74, 6) is -12.4. The molecule has 1 aromatic rings. The van der Waals surface area contributed by atoms with Crippen molar-refractivity contribution in [3.05, 3.63) is 18.2 Å². The zero-order valence-electron chi connectivity index (χ0n) is 61.4. The largest absolute Gasteiger partial charge is 0.481 e. The van der Waals surface area contributed by atoms with E-state index in [1.807, 2.05) is 6.26 Å². The van der Waals surface area contributed by atoms with E-state index < -0.39 is 174 Å². The molecule has 3 saturated heterocycles. The van der Waals surface area contributed by atoms with Gasteiger partial charge in [0.15, 0.2) is 11.9 Å². The number of likely N-dealkylation sites (tertiary alicyclic amines) is 3. The predicted octanol–water partition coefficient (Wildman–Crippen LogP) is -7.26. The van der Waals surface area contributed by atoms with E-state index in [-0.39, 0.29) is 141 Å². The maximum absolute atomic E-state index is 14.5. The molecule has 0 saturated carbocycles. The van der Waals surface area contributed by atoms with Crippen molar-refractivity contribution in [2.75, 3.05) is 64.4 Å². The molecule has 3 fully saturated rings. The number of aliphatic hydroxyl groups is 1. The van der Waals surface area contributed by atoms with Gasteiger partial charge in [-0.3, -0.25) is 81.9 Å². The number of carboxylic acids is 2. The van der Waals surface area contributed by atoms with Gasteiger partial charge in [-0.1, -0.05) is 13.8 Å². The first-order chi connectivity index (χ1) is 50.6. The molecule has 107 heavy (non-hydrogen) atoms. The molecule has 27 N–H and O–H groups in total. The van der Waals surface area contributed by atoms with Crippen LogP contribution >= 0.6 is 11.8 Å². The van der Waals surface area contributed by atoms with Crippen LogP contribution in [0.4, 0.5) is 0 Å². The normalized spacial score (nSPS) is 17.8. The summed E-state index contributed by atoms with van der Waals surface area (Å²) in [6.45, 7) is 4.88. The molecule has 0 unspecified atom stereocenters. The molecule has 0 radical (unpaired) electrons. The smallest absolute Gasteiger partial charge is 0.325 e. The van der Waals surface area contributed by atoms with Crippen LogP contribution in [0.2, 0.25) is 0 Å². The molecule has 3 aliphatic heterocycles. The minimum atomic E-state index is -1.78. The molecule has 13 amide bonds. The number of hydrogen-bond donors (Lipinski definition) is 20. The Morgan fingerprint density at radius 1 is 0.579 bits per heavy atom. The van der Waals surface area contributed by atoms with E-state index in [4.69, 9.17) is 50.0 Å². The average molecular weight is 1530 g/mol. The first kappa shape index (κ1) is 91.2. The number of nitrogens with two attached hydrogens (primary N) is 7. The number of guanidine groups is 2. The fourth-order valence-corrected chi connectivity index (χ4v) is 12.4. The van der Waals surface area contributed by atoms with Crippen LogP contribution in [0, 0.1) is 5.92 Å². The highest BCUT2D eigenvalue weighted by Gasteiger charge is 2.43. The summed E-state index contributed by atoms with van der Waals surface area (Å²) in [7, 11) is 0. The maximum atomic E-state index is 14.5. The summed E-state index contributed by atoms with van der Waals surface area (Å²) in [5, 5.41) is 50.8. The van der Waals surface area contributed by atoms with Gasteiger partial charge < -0.3 is 123 Å². The number of imidazole rings is 1. The molecule has 4 heterocycles. The highest BCUT2D eigenvalue weighted by Crippen LogP contribution is 2.24. The van der Waals surface area contributed by atoms with Crippen LogP contribution in [0.25, 0.3) is 0 Å². The van der Waals surface area contributed by atoms with Crippen molar-refractivity contribution in [1.82, 2.24) is 72.5 Å². The molecular weight excluding hydrogens is 1420 g/mol. The number of aromatic amines is 1. The molecule has 3 aliphatic rings. The lowest BCUT2D eigenvalue weighted by Crippen LogP contribution is -2.61. The van der Waals surface area contributed by atoms with Gasteiger partial charge in [0.05, 0.1) is 25.5 Å². The number of H-pyrrole nitrogens is 1. The zero-order chi connectivity index (χ0) is 80.0. The van der Waals surface area contributed by atoms with Gasteiger partial charge in [0.25, 0.3) is 5.97 Å². The number of nitrogens with one attached hydrogen (secondary N) is 10. The Hall–Kier alpha value is -9.97. The topological polar surface area (TPSA) is 670 Å². The molecule has 0 aliphatic carbocycles. The van der Waals surface area contributed by atoms with Crippen molar-refractivity contribution in [1.29, 1.82) is 0 Å². The minimum absolute atomic E-state index is 0.00341. The van der Waals surface area contributed by atoms with E-state index in [1.165, 1.54) is 45.9 Å². The summed E-state index contributed by atoms with van der Waals surface area (Å²) in [5.41, 5.74) is 39.5. The van der Waals surface area contributed by atoms with Gasteiger partial charge in [-0.2, -0.15) is 11.8 Å². The molecular formula is C65H111N23O18S. The van der Waals surface area contributed by atoms with Crippen molar-refractivity contribution in [3.63, 3.8) is 0 Å². The zero-order valence-corrected chi connectivity index (χ0v) is 62.2. The number of aliphatic carboxylic acids is 2. The molecule has 0 spiro atoms. The standard InChI is InChI=1S/C63H107N23O16S.C2H4O2/c1-34(2)28-42(81-52(92)39(13-7-22-72-62(67)68)78-58(98)47-17-11-26-86(47)59(99)40(14-8-23-73-63(69)70)79-50(90)37(65)18-19-48(66)88)53(93)83-44(32-87)55(95)82-43(29-36-30-71-33-75-36)54(94)77-38(12-5-6-21-64)51(91)74-31-49(89)84-24-9-15-45(84)57(97)80-41(20-27-103-4)60(100)85-25-10-16-46(85)56(96)76-35(3)61(101)102;1-2(3)4/h30,33-35,37-47,87H,5-29,31-32,64-65H2,1-4H3,(H2,66,88)(H,71,75)(H,74,91)(H,76,96)(H,77,94)(H,78,98)(H,79,90)(H,80,97)(H,81,92)(H,82,95)(H,83,93)(H,101,102)(H4,67,68,72)(H4,69,70,73);1H3,(H,3,4)/t35-,37+,38-,39+,40+,41+,42+,43+,44+,45+,46+,47+;/m1./s1.